The van der Waals surface area contributed by atoms with Gasteiger partial charge in [-0.15, -0.1) is 0 Å². The summed E-state index contributed by atoms with van der Waals surface area (Å²) in [6.45, 7) is -0.334. The van der Waals surface area contributed by atoms with Crippen LogP contribution in [0.15, 0.2) is 67.0 Å². The largest absolute Gasteiger partial charge is 0.506 e. The summed E-state index contributed by atoms with van der Waals surface area (Å²) in [5.74, 6) is 2.25. The Kier molecular flexibility index (Phi) is 6.97. The summed E-state index contributed by atoms with van der Waals surface area (Å²) in [5.41, 5.74) is -0.158. The average molecular weight is 584 g/mol. The van der Waals surface area contributed by atoms with Gasteiger partial charge in [0.1, 0.15) is 17.3 Å². The molecule has 2 aliphatic heterocycles. The average Bonchev–Trinajstić information content (AvgIpc) is 3.47. The van der Waals surface area contributed by atoms with Gasteiger partial charge in [-0.1, -0.05) is 17.9 Å². The number of ether oxygens (including phenoxy) is 1. The third-order valence-corrected chi connectivity index (χ3v) is 7.22. The van der Waals surface area contributed by atoms with Gasteiger partial charge in [-0.25, -0.2) is 19.1 Å². The molecular weight excluding hydrogens is 560 g/mol. The van der Waals surface area contributed by atoms with E-state index in [0.29, 0.717) is 16.8 Å². The smallest absolute Gasteiger partial charge is 0.257 e. The van der Waals surface area contributed by atoms with Crippen molar-refractivity contribution in [2.45, 2.75) is 18.4 Å². The molecule has 4 heterocycles. The number of methoxy groups -OCH3 is 1. The number of benzene rings is 2. The lowest BCUT2D eigenvalue weighted by molar-refractivity contribution is -0.123. The summed E-state index contributed by atoms with van der Waals surface area (Å²) in [6.07, 6.45) is 1.75. The second-order valence-electron chi connectivity index (χ2n) is 9.95. The normalized spacial score (nSPS) is 19.1. The van der Waals surface area contributed by atoms with Gasteiger partial charge in [-0.3, -0.25) is 14.6 Å². The first-order valence-corrected chi connectivity index (χ1v) is 13.0. The number of hydrogen-bond donors (Lipinski definition) is 4. The number of fused-ring (bicyclic) bond motifs is 1. The Morgan fingerprint density at radius 2 is 2.00 bits per heavy atom. The summed E-state index contributed by atoms with van der Waals surface area (Å²) < 4.78 is 35.2. The second-order valence-corrected chi connectivity index (χ2v) is 9.95. The van der Waals surface area contributed by atoms with Crippen LogP contribution in [0.2, 0.25) is 0 Å². The van der Waals surface area contributed by atoms with Crippen LogP contribution in [0.5, 0.6) is 11.5 Å². The standard InChI is InChI=1S/C31H23F2N5O5/c1-43-24-9-5-19-15-38(28(40)25(19)26(24)33)16-31(29(41)36-30(42)37-31)11-10-17-4-6-20(21(32)13-17)27-23(39)8-7-22(35-27)18-3-2-12-34-14-18/h2-9,12-14,30,37,39,42H,15-16H2,1H3,(H,36,41). The molecule has 0 radical (unpaired) electrons. The molecule has 2 aromatic heterocycles. The van der Waals surface area contributed by atoms with E-state index < -0.39 is 35.3 Å². The third-order valence-electron chi connectivity index (χ3n) is 7.22. The predicted octanol–water partition coefficient (Wildman–Crippen LogP) is 2.54. The molecule has 12 heteroatoms. The molecular formula is C31H23F2N5O5. The van der Waals surface area contributed by atoms with E-state index in [4.69, 9.17) is 4.74 Å². The van der Waals surface area contributed by atoms with Crippen molar-refractivity contribution in [1.29, 1.82) is 0 Å². The van der Waals surface area contributed by atoms with Crippen LogP contribution in [0.4, 0.5) is 8.78 Å². The zero-order valence-electron chi connectivity index (χ0n) is 22.6. The first-order chi connectivity index (χ1) is 20.7. The molecule has 2 unspecified atom stereocenters. The van der Waals surface area contributed by atoms with E-state index in [2.05, 4.69) is 32.4 Å². The number of aliphatic hydroxyl groups excluding tert-OH is 1. The second kappa shape index (κ2) is 10.8. The summed E-state index contributed by atoms with van der Waals surface area (Å²) in [4.78, 5) is 35.8. The third kappa shape index (κ3) is 5.01. The highest BCUT2D eigenvalue weighted by Crippen LogP contribution is 2.33. The van der Waals surface area contributed by atoms with E-state index in [-0.39, 0.29) is 47.0 Å². The minimum atomic E-state index is -1.79. The fraction of sp³-hybridized carbons (Fsp3) is 0.161. The van der Waals surface area contributed by atoms with Crippen LogP contribution in [0.3, 0.4) is 0 Å². The monoisotopic (exact) mass is 583 g/mol. The van der Waals surface area contributed by atoms with E-state index in [9.17, 15) is 24.2 Å². The Hall–Kier alpha value is -5.38. The zero-order chi connectivity index (χ0) is 30.3. The number of aliphatic hydroxyl groups is 1. The summed E-state index contributed by atoms with van der Waals surface area (Å²) in [5, 5.41) is 25.5. The van der Waals surface area contributed by atoms with E-state index in [0.717, 1.165) is 6.07 Å². The van der Waals surface area contributed by atoms with Gasteiger partial charge in [-0.05, 0) is 54.1 Å². The quantitative estimate of drug-likeness (QED) is 0.263. The molecule has 1 saturated heterocycles. The highest BCUT2D eigenvalue weighted by molar-refractivity contribution is 6.00. The van der Waals surface area contributed by atoms with Crippen molar-refractivity contribution in [3.8, 4) is 45.9 Å². The maximum atomic E-state index is 15.4. The van der Waals surface area contributed by atoms with Crippen LogP contribution >= 0.6 is 0 Å². The lowest BCUT2D eigenvalue weighted by Crippen LogP contribution is -2.55. The van der Waals surface area contributed by atoms with Crippen LogP contribution in [0.1, 0.15) is 21.5 Å². The molecule has 2 amide bonds. The molecule has 10 nitrogen and oxygen atoms in total. The molecule has 216 valence electrons. The summed E-state index contributed by atoms with van der Waals surface area (Å²) in [6, 6.07) is 13.5. The van der Waals surface area contributed by atoms with Crippen molar-refractivity contribution < 1.29 is 33.3 Å². The van der Waals surface area contributed by atoms with E-state index in [1.54, 1.807) is 36.7 Å². The molecule has 0 bridgehead atoms. The van der Waals surface area contributed by atoms with Crippen molar-refractivity contribution in [2.75, 3.05) is 13.7 Å². The lowest BCUT2D eigenvalue weighted by atomic mass is 9.98. The minimum Gasteiger partial charge on any atom is -0.506 e. The highest BCUT2D eigenvalue weighted by Gasteiger charge is 2.48. The Bertz CT molecular complexity index is 1840. The van der Waals surface area contributed by atoms with E-state index >= 15 is 4.39 Å². The number of pyridine rings is 2. The topological polar surface area (TPSA) is 137 Å². The fourth-order valence-corrected chi connectivity index (χ4v) is 5.09. The van der Waals surface area contributed by atoms with Crippen molar-refractivity contribution in [3.63, 3.8) is 0 Å². The minimum absolute atomic E-state index is 0.00148. The zero-order valence-corrected chi connectivity index (χ0v) is 22.6. The van der Waals surface area contributed by atoms with Crippen molar-refractivity contribution in [1.82, 2.24) is 25.5 Å². The van der Waals surface area contributed by atoms with Crippen molar-refractivity contribution in [2.24, 2.45) is 0 Å². The molecule has 1 fully saturated rings. The van der Waals surface area contributed by atoms with Gasteiger partial charge >= 0.3 is 0 Å². The molecule has 0 aliphatic carbocycles. The number of carbonyl (C=O) groups excluding carboxylic acids is 2. The molecule has 43 heavy (non-hydrogen) atoms. The van der Waals surface area contributed by atoms with E-state index in [1.165, 1.54) is 36.3 Å². The number of hydrogen-bond acceptors (Lipinski definition) is 8. The SMILES string of the molecule is COc1ccc2c(c1F)C(=O)N(CC1(C#Cc3ccc(-c4nc(-c5cccnc5)ccc4O)c(F)c3)NC(O)NC1=O)C2. The predicted molar refractivity (Wildman–Crippen MR) is 149 cm³/mol. The number of amides is 2. The van der Waals surface area contributed by atoms with Gasteiger partial charge in [0, 0.05) is 35.6 Å². The molecule has 2 aliphatic rings. The van der Waals surface area contributed by atoms with Gasteiger partial charge in [-0.2, -0.15) is 0 Å². The molecule has 0 spiro atoms. The van der Waals surface area contributed by atoms with Gasteiger partial charge in [0.05, 0.1) is 24.9 Å². The number of halogens is 2. The Morgan fingerprint density at radius 1 is 1.16 bits per heavy atom. The Balaban J connectivity index is 1.30. The maximum absolute atomic E-state index is 15.4. The number of nitrogens with zero attached hydrogens (tertiary/aromatic N) is 3. The number of aromatic hydroxyl groups is 1. The summed E-state index contributed by atoms with van der Waals surface area (Å²) in [7, 11) is 1.29. The van der Waals surface area contributed by atoms with Crippen molar-refractivity contribution in [3.05, 3.63) is 95.3 Å². The van der Waals surface area contributed by atoms with Gasteiger partial charge < -0.3 is 25.2 Å². The number of carbonyl (C=O) groups is 2. The van der Waals surface area contributed by atoms with Gasteiger partial charge in [0.2, 0.25) is 0 Å². The van der Waals surface area contributed by atoms with Gasteiger partial charge in [0.25, 0.3) is 11.8 Å². The fourth-order valence-electron chi connectivity index (χ4n) is 5.09. The van der Waals surface area contributed by atoms with Crippen LogP contribution in [0, 0.1) is 23.5 Å². The van der Waals surface area contributed by atoms with Crippen LogP contribution in [0.25, 0.3) is 22.5 Å². The molecule has 2 atom stereocenters. The van der Waals surface area contributed by atoms with Crippen LogP contribution in [-0.4, -0.2) is 62.4 Å². The maximum Gasteiger partial charge on any atom is 0.257 e. The number of rotatable bonds is 5. The van der Waals surface area contributed by atoms with Crippen LogP contribution in [-0.2, 0) is 11.3 Å². The first kappa shape index (κ1) is 27.8. The number of nitrogens with one attached hydrogen (secondary N) is 2. The Labute approximate surface area is 244 Å². The van der Waals surface area contributed by atoms with E-state index in [1.807, 2.05) is 0 Å². The molecule has 6 rings (SSSR count). The van der Waals surface area contributed by atoms with Gasteiger partial charge in [0.15, 0.2) is 23.5 Å². The molecule has 4 N–H and O–H groups in total. The highest BCUT2D eigenvalue weighted by atomic mass is 19.1. The Morgan fingerprint density at radius 3 is 2.70 bits per heavy atom. The molecule has 4 aromatic rings. The van der Waals surface area contributed by atoms with Crippen molar-refractivity contribution >= 4 is 11.8 Å². The molecule has 2 aromatic carbocycles. The van der Waals surface area contributed by atoms with Crippen LogP contribution < -0.4 is 15.4 Å². The first-order valence-electron chi connectivity index (χ1n) is 13.0. The molecule has 0 saturated carbocycles. The lowest BCUT2D eigenvalue weighted by Gasteiger charge is -2.26. The summed E-state index contributed by atoms with van der Waals surface area (Å²) >= 11 is 0. The number of aromatic nitrogens is 2.